The van der Waals surface area contributed by atoms with E-state index in [1.54, 1.807) is 7.11 Å². The van der Waals surface area contributed by atoms with Crippen molar-refractivity contribution in [2.75, 3.05) is 20.3 Å². The predicted octanol–water partition coefficient (Wildman–Crippen LogP) is 1.42. The van der Waals surface area contributed by atoms with E-state index in [2.05, 4.69) is 12.2 Å². The molecule has 0 amide bonds. The average molecular weight is 223 g/mol. The molecule has 90 valence electrons. The highest BCUT2D eigenvalue weighted by atomic mass is 19.3. The molecule has 0 aromatic heterocycles. The first kappa shape index (κ1) is 12.8. The summed E-state index contributed by atoms with van der Waals surface area (Å²) < 4.78 is 34.1. The van der Waals surface area contributed by atoms with Crippen molar-refractivity contribution in [1.29, 1.82) is 0 Å². The lowest BCUT2D eigenvalue weighted by Crippen LogP contribution is -2.60. The lowest BCUT2D eigenvalue weighted by atomic mass is 9.85. The minimum atomic E-state index is -2.40. The number of methoxy groups -OCH3 is 1. The molecule has 1 rings (SSSR count). The molecule has 0 aromatic rings. The van der Waals surface area contributed by atoms with E-state index < -0.39 is 13.0 Å². The summed E-state index contributed by atoms with van der Waals surface area (Å²) in [5.41, 5.74) is 0. The summed E-state index contributed by atoms with van der Waals surface area (Å²) in [5.74, 6) is 0. The zero-order valence-electron chi connectivity index (χ0n) is 9.21. The van der Waals surface area contributed by atoms with E-state index in [4.69, 9.17) is 9.47 Å². The number of alkyl halides is 2. The lowest BCUT2D eigenvalue weighted by Gasteiger charge is -2.43. The zero-order valence-corrected chi connectivity index (χ0v) is 9.21. The SMILES string of the molecule is CCCNC1CC(OCC(F)F)C1OC. The quantitative estimate of drug-likeness (QED) is 0.708. The molecule has 3 unspecified atom stereocenters. The van der Waals surface area contributed by atoms with Crippen LogP contribution in [0.4, 0.5) is 8.78 Å². The van der Waals surface area contributed by atoms with Gasteiger partial charge in [-0.3, -0.25) is 0 Å². The molecular weight excluding hydrogens is 204 g/mol. The van der Waals surface area contributed by atoms with Gasteiger partial charge in [-0.25, -0.2) is 8.78 Å². The van der Waals surface area contributed by atoms with Crippen molar-refractivity contribution in [3.63, 3.8) is 0 Å². The van der Waals surface area contributed by atoms with Gasteiger partial charge in [-0.1, -0.05) is 6.92 Å². The van der Waals surface area contributed by atoms with E-state index in [1.165, 1.54) is 0 Å². The number of hydrogen-bond acceptors (Lipinski definition) is 3. The highest BCUT2D eigenvalue weighted by Gasteiger charge is 2.42. The lowest BCUT2D eigenvalue weighted by molar-refractivity contribution is -0.150. The van der Waals surface area contributed by atoms with Crippen molar-refractivity contribution >= 4 is 0 Å². The fourth-order valence-corrected chi connectivity index (χ4v) is 1.79. The predicted molar refractivity (Wildman–Crippen MR) is 53.2 cm³/mol. The Hall–Kier alpha value is -0.260. The van der Waals surface area contributed by atoms with Crippen LogP contribution in [0.2, 0.25) is 0 Å². The van der Waals surface area contributed by atoms with Crippen molar-refractivity contribution in [2.45, 2.75) is 44.4 Å². The van der Waals surface area contributed by atoms with Gasteiger partial charge in [0.15, 0.2) is 0 Å². The van der Waals surface area contributed by atoms with Crippen molar-refractivity contribution in [1.82, 2.24) is 5.32 Å². The Morgan fingerprint density at radius 1 is 1.47 bits per heavy atom. The maximum Gasteiger partial charge on any atom is 0.261 e. The van der Waals surface area contributed by atoms with Gasteiger partial charge in [0.05, 0.1) is 12.2 Å². The van der Waals surface area contributed by atoms with E-state index >= 15 is 0 Å². The molecule has 1 N–H and O–H groups in total. The van der Waals surface area contributed by atoms with Crippen molar-refractivity contribution in [2.24, 2.45) is 0 Å². The smallest absolute Gasteiger partial charge is 0.261 e. The van der Waals surface area contributed by atoms with Gasteiger partial charge in [0.1, 0.15) is 6.61 Å². The number of hydrogen-bond donors (Lipinski definition) is 1. The van der Waals surface area contributed by atoms with Crippen LogP contribution in [0.1, 0.15) is 19.8 Å². The molecule has 1 fully saturated rings. The van der Waals surface area contributed by atoms with Gasteiger partial charge in [0.2, 0.25) is 0 Å². The topological polar surface area (TPSA) is 30.5 Å². The van der Waals surface area contributed by atoms with E-state index in [-0.39, 0.29) is 18.2 Å². The van der Waals surface area contributed by atoms with Gasteiger partial charge in [0, 0.05) is 13.2 Å². The zero-order chi connectivity index (χ0) is 11.3. The molecule has 0 saturated heterocycles. The highest BCUT2D eigenvalue weighted by molar-refractivity contribution is 4.97. The monoisotopic (exact) mass is 223 g/mol. The van der Waals surface area contributed by atoms with Gasteiger partial charge in [-0.2, -0.15) is 0 Å². The van der Waals surface area contributed by atoms with E-state index in [0.29, 0.717) is 0 Å². The summed E-state index contributed by atoms with van der Waals surface area (Å²) in [6.45, 7) is 2.51. The Balaban J connectivity index is 2.20. The highest BCUT2D eigenvalue weighted by Crippen LogP contribution is 2.27. The summed E-state index contributed by atoms with van der Waals surface area (Å²) in [6, 6.07) is 0.248. The Bertz CT molecular complexity index is 181. The molecule has 1 saturated carbocycles. The van der Waals surface area contributed by atoms with Crippen molar-refractivity contribution in [3.8, 4) is 0 Å². The number of ether oxygens (including phenoxy) is 2. The molecule has 0 aliphatic heterocycles. The van der Waals surface area contributed by atoms with Crippen LogP contribution >= 0.6 is 0 Å². The standard InChI is InChI=1S/C10H19F2NO2/c1-3-4-13-7-5-8(10(7)14-2)15-6-9(11)12/h7-10,13H,3-6H2,1-2H3. The number of halogens is 2. The fourth-order valence-electron chi connectivity index (χ4n) is 1.79. The molecule has 0 aromatic carbocycles. The second-order valence-electron chi connectivity index (χ2n) is 3.76. The Kier molecular flexibility index (Phi) is 5.42. The summed E-state index contributed by atoms with van der Waals surface area (Å²) in [6.07, 6.45) is -0.861. The van der Waals surface area contributed by atoms with Crippen LogP contribution in [0, 0.1) is 0 Å². The normalized spacial score (nSPS) is 30.6. The van der Waals surface area contributed by atoms with Crippen LogP contribution in [0.3, 0.4) is 0 Å². The number of nitrogens with one attached hydrogen (secondary N) is 1. The molecule has 3 nitrogen and oxygen atoms in total. The van der Waals surface area contributed by atoms with Crippen LogP contribution < -0.4 is 5.32 Å². The van der Waals surface area contributed by atoms with Gasteiger partial charge in [-0.05, 0) is 19.4 Å². The molecule has 0 spiro atoms. The van der Waals surface area contributed by atoms with Crippen molar-refractivity contribution in [3.05, 3.63) is 0 Å². The van der Waals surface area contributed by atoms with Crippen LogP contribution in [0.5, 0.6) is 0 Å². The maximum atomic E-state index is 11.9. The van der Waals surface area contributed by atoms with E-state index in [1.807, 2.05) is 0 Å². The Morgan fingerprint density at radius 3 is 2.73 bits per heavy atom. The minimum Gasteiger partial charge on any atom is -0.377 e. The summed E-state index contributed by atoms with van der Waals surface area (Å²) >= 11 is 0. The first-order chi connectivity index (χ1) is 7.19. The Morgan fingerprint density at radius 2 is 2.20 bits per heavy atom. The third-order valence-electron chi connectivity index (χ3n) is 2.61. The van der Waals surface area contributed by atoms with Gasteiger partial charge in [0.25, 0.3) is 6.43 Å². The molecule has 0 heterocycles. The minimum absolute atomic E-state index is 0.0877. The van der Waals surface area contributed by atoms with E-state index in [0.717, 1.165) is 19.4 Å². The number of rotatable bonds is 7. The third kappa shape index (κ3) is 3.66. The average Bonchev–Trinajstić information content (AvgIpc) is 2.16. The molecule has 0 bridgehead atoms. The fraction of sp³-hybridized carbons (Fsp3) is 1.00. The second kappa shape index (κ2) is 6.35. The first-order valence-electron chi connectivity index (χ1n) is 5.35. The molecule has 3 atom stereocenters. The Labute approximate surface area is 89.1 Å². The van der Waals surface area contributed by atoms with Crippen LogP contribution in [0.15, 0.2) is 0 Å². The second-order valence-corrected chi connectivity index (χ2v) is 3.76. The van der Waals surface area contributed by atoms with Crippen molar-refractivity contribution < 1.29 is 18.3 Å². The first-order valence-corrected chi connectivity index (χ1v) is 5.35. The largest absolute Gasteiger partial charge is 0.377 e. The van der Waals surface area contributed by atoms with Crippen LogP contribution in [-0.4, -0.2) is 44.9 Å². The molecule has 15 heavy (non-hydrogen) atoms. The van der Waals surface area contributed by atoms with Crippen LogP contribution in [0.25, 0.3) is 0 Å². The molecule has 1 aliphatic rings. The summed E-state index contributed by atoms with van der Waals surface area (Å²) in [7, 11) is 1.59. The molecule has 5 heteroatoms. The third-order valence-corrected chi connectivity index (χ3v) is 2.61. The van der Waals surface area contributed by atoms with E-state index in [9.17, 15) is 8.78 Å². The molecule has 0 radical (unpaired) electrons. The van der Waals surface area contributed by atoms with Crippen LogP contribution in [-0.2, 0) is 9.47 Å². The van der Waals surface area contributed by atoms with Gasteiger partial charge >= 0.3 is 0 Å². The summed E-state index contributed by atoms with van der Waals surface area (Å²) in [4.78, 5) is 0. The summed E-state index contributed by atoms with van der Waals surface area (Å²) in [5, 5.41) is 3.29. The van der Waals surface area contributed by atoms with Gasteiger partial charge < -0.3 is 14.8 Å². The molecule has 1 aliphatic carbocycles. The van der Waals surface area contributed by atoms with Gasteiger partial charge in [-0.15, -0.1) is 0 Å². The maximum absolute atomic E-state index is 11.9. The molecular formula is C10H19F2NO2.